The molecule has 0 heterocycles. The Morgan fingerprint density at radius 2 is 2.16 bits per heavy atom. The number of ether oxygens (including phenoxy) is 1. The fourth-order valence-corrected chi connectivity index (χ4v) is 2.51. The summed E-state index contributed by atoms with van der Waals surface area (Å²) in [6, 6.07) is 6.71. The highest BCUT2D eigenvalue weighted by molar-refractivity contribution is 7.89. The van der Waals surface area contributed by atoms with Crippen molar-refractivity contribution in [2.45, 2.75) is 31.1 Å². The molecule has 0 radical (unpaired) electrons. The number of sulfonamides is 1. The van der Waals surface area contributed by atoms with Crippen molar-refractivity contribution in [2.24, 2.45) is 10.6 Å². The Bertz CT molecular complexity index is 628. The quantitative estimate of drug-likeness (QED) is 0.888. The van der Waals surface area contributed by atoms with E-state index in [2.05, 4.69) is 6.07 Å². The lowest BCUT2D eigenvalue weighted by Crippen LogP contribution is -2.14. The lowest BCUT2D eigenvalue weighted by Gasteiger charge is -2.15. The Morgan fingerprint density at radius 3 is 2.63 bits per heavy atom. The smallest absolute Gasteiger partial charge is 0.238 e. The number of benzene rings is 1. The van der Waals surface area contributed by atoms with Gasteiger partial charge in [-0.2, -0.15) is 5.26 Å². The Labute approximate surface area is 113 Å². The van der Waals surface area contributed by atoms with Gasteiger partial charge in [0, 0.05) is 11.8 Å². The average Bonchev–Trinajstić information content (AvgIpc) is 3.07. The summed E-state index contributed by atoms with van der Waals surface area (Å²) < 4.78 is 28.1. The molecule has 0 bridgehead atoms. The minimum atomic E-state index is -3.68. The van der Waals surface area contributed by atoms with Gasteiger partial charge in [-0.05, 0) is 43.5 Å². The van der Waals surface area contributed by atoms with E-state index in [1.165, 1.54) is 12.1 Å². The van der Waals surface area contributed by atoms with Crippen LogP contribution in [0.2, 0.25) is 0 Å². The summed E-state index contributed by atoms with van der Waals surface area (Å²) in [5.41, 5.74) is 0.721. The topological polar surface area (TPSA) is 93.2 Å². The van der Waals surface area contributed by atoms with E-state index in [4.69, 9.17) is 15.1 Å². The molecule has 0 aromatic heterocycles. The van der Waals surface area contributed by atoms with E-state index in [1.807, 2.05) is 0 Å². The van der Waals surface area contributed by atoms with Crippen LogP contribution in [-0.2, 0) is 10.0 Å². The highest BCUT2D eigenvalue weighted by Crippen LogP contribution is 2.48. The number of hydrogen-bond donors (Lipinski definition) is 1. The van der Waals surface area contributed by atoms with Crippen molar-refractivity contribution in [2.75, 3.05) is 6.61 Å². The molecule has 1 fully saturated rings. The van der Waals surface area contributed by atoms with Crippen LogP contribution in [0, 0.1) is 23.7 Å². The zero-order chi connectivity index (χ0) is 14.1. The minimum absolute atomic E-state index is 0.000193. The summed E-state index contributed by atoms with van der Waals surface area (Å²) >= 11 is 0. The van der Waals surface area contributed by atoms with Gasteiger partial charge in [0.2, 0.25) is 10.0 Å². The number of nitrogens with zero attached hydrogens (tertiary/aromatic N) is 1. The molecule has 5 nitrogen and oxygen atoms in total. The molecular formula is C13H16N2O3S. The molecule has 0 spiro atoms. The summed E-state index contributed by atoms with van der Waals surface area (Å²) in [7, 11) is -3.68. The second-order valence-corrected chi connectivity index (χ2v) is 6.66. The molecule has 1 aliphatic carbocycles. The van der Waals surface area contributed by atoms with Gasteiger partial charge in [-0.25, -0.2) is 13.6 Å². The lowest BCUT2D eigenvalue weighted by molar-refractivity contribution is 0.235. The van der Waals surface area contributed by atoms with Gasteiger partial charge in [0.25, 0.3) is 0 Å². The van der Waals surface area contributed by atoms with Crippen LogP contribution in [0.5, 0.6) is 5.75 Å². The number of primary sulfonamides is 1. The van der Waals surface area contributed by atoms with E-state index < -0.39 is 10.0 Å². The van der Waals surface area contributed by atoms with Crippen LogP contribution in [-0.4, -0.2) is 15.0 Å². The predicted molar refractivity (Wildman–Crippen MR) is 69.9 cm³/mol. The van der Waals surface area contributed by atoms with E-state index in [0.717, 1.165) is 18.4 Å². The molecule has 19 heavy (non-hydrogen) atoms. The molecule has 1 aromatic carbocycles. The fourth-order valence-electron chi connectivity index (χ4n) is 1.91. The fraction of sp³-hybridized carbons (Fsp3) is 0.462. The molecule has 6 heteroatoms. The third kappa shape index (κ3) is 3.25. The Kier molecular flexibility index (Phi) is 3.52. The second-order valence-electron chi connectivity index (χ2n) is 5.10. The molecule has 2 N–H and O–H groups in total. The third-order valence-corrected chi connectivity index (χ3v) is 4.33. The number of hydrogen-bond acceptors (Lipinski definition) is 4. The number of nitrogens with two attached hydrogens (primary N) is 1. The van der Waals surface area contributed by atoms with Crippen LogP contribution < -0.4 is 9.88 Å². The molecule has 1 saturated carbocycles. The van der Waals surface area contributed by atoms with Gasteiger partial charge in [0.1, 0.15) is 5.75 Å². The third-order valence-electron chi connectivity index (χ3n) is 3.42. The van der Waals surface area contributed by atoms with Crippen LogP contribution >= 0.6 is 0 Å². The van der Waals surface area contributed by atoms with Crippen molar-refractivity contribution >= 4 is 10.0 Å². The van der Waals surface area contributed by atoms with Gasteiger partial charge in [0.15, 0.2) is 0 Å². The maximum atomic E-state index is 11.2. The van der Waals surface area contributed by atoms with E-state index in [-0.39, 0.29) is 10.3 Å². The Morgan fingerprint density at radius 1 is 1.47 bits per heavy atom. The SMILES string of the molecule is Cc1cc(S(N)(=O)=O)ccc1OCC1(CC#N)CC1. The van der Waals surface area contributed by atoms with E-state index in [0.29, 0.717) is 18.8 Å². The summed E-state index contributed by atoms with van der Waals surface area (Å²) in [6.07, 6.45) is 2.52. The summed E-state index contributed by atoms with van der Waals surface area (Å²) in [5, 5.41) is 13.8. The maximum absolute atomic E-state index is 11.2. The van der Waals surface area contributed by atoms with E-state index in [1.54, 1.807) is 13.0 Å². The molecular weight excluding hydrogens is 264 g/mol. The van der Waals surface area contributed by atoms with Gasteiger partial charge in [-0.15, -0.1) is 0 Å². The van der Waals surface area contributed by atoms with Gasteiger partial charge < -0.3 is 4.74 Å². The summed E-state index contributed by atoms with van der Waals surface area (Å²) in [4.78, 5) is 0.0792. The van der Waals surface area contributed by atoms with Crippen LogP contribution in [0.1, 0.15) is 24.8 Å². The highest BCUT2D eigenvalue weighted by atomic mass is 32.2. The molecule has 0 aliphatic heterocycles. The first-order valence-corrected chi connectivity index (χ1v) is 7.54. The van der Waals surface area contributed by atoms with Crippen LogP contribution in [0.25, 0.3) is 0 Å². The molecule has 1 aromatic rings. The van der Waals surface area contributed by atoms with Crippen molar-refractivity contribution in [1.29, 1.82) is 5.26 Å². The largest absolute Gasteiger partial charge is 0.493 e. The number of aryl methyl sites for hydroxylation is 1. The maximum Gasteiger partial charge on any atom is 0.238 e. The van der Waals surface area contributed by atoms with Gasteiger partial charge in [-0.3, -0.25) is 0 Å². The molecule has 0 amide bonds. The zero-order valence-corrected chi connectivity index (χ0v) is 11.5. The van der Waals surface area contributed by atoms with Crippen molar-refractivity contribution in [3.8, 4) is 11.8 Å². The van der Waals surface area contributed by atoms with Crippen molar-refractivity contribution in [1.82, 2.24) is 0 Å². The van der Waals surface area contributed by atoms with Gasteiger partial charge >= 0.3 is 0 Å². The van der Waals surface area contributed by atoms with Gasteiger partial charge in [-0.1, -0.05) is 0 Å². The second kappa shape index (κ2) is 4.83. The van der Waals surface area contributed by atoms with Crippen LogP contribution in [0.15, 0.2) is 23.1 Å². The first-order chi connectivity index (χ1) is 8.86. The zero-order valence-electron chi connectivity index (χ0n) is 10.7. The first kappa shape index (κ1) is 13.8. The average molecular weight is 280 g/mol. The monoisotopic (exact) mass is 280 g/mol. The summed E-state index contributed by atoms with van der Waals surface area (Å²) in [5.74, 6) is 0.636. The molecule has 1 aliphatic rings. The molecule has 102 valence electrons. The van der Waals surface area contributed by atoms with Gasteiger partial charge in [0.05, 0.1) is 17.6 Å². The predicted octanol–water partition coefficient (Wildman–Crippen LogP) is 1.72. The Balaban J connectivity index is 2.09. The normalized spacial score (nSPS) is 16.7. The molecule has 2 rings (SSSR count). The minimum Gasteiger partial charge on any atom is -0.493 e. The van der Waals surface area contributed by atoms with Crippen molar-refractivity contribution in [3.63, 3.8) is 0 Å². The first-order valence-electron chi connectivity index (χ1n) is 6.00. The number of nitriles is 1. The van der Waals surface area contributed by atoms with Crippen molar-refractivity contribution < 1.29 is 13.2 Å². The number of rotatable bonds is 5. The molecule has 0 unspecified atom stereocenters. The Hall–Kier alpha value is -1.58. The van der Waals surface area contributed by atoms with E-state index in [9.17, 15) is 8.42 Å². The molecule has 0 saturated heterocycles. The lowest BCUT2D eigenvalue weighted by atomic mass is 10.1. The van der Waals surface area contributed by atoms with E-state index >= 15 is 0 Å². The highest BCUT2D eigenvalue weighted by Gasteiger charge is 2.43. The van der Waals surface area contributed by atoms with Crippen molar-refractivity contribution in [3.05, 3.63) is 23.8 Å². The summed E-state index contributed by atoms with van der Waals surface area (Å²) in [6.45, 7) is 2.27. The molecule has 0 atom stereocenters. The van der Waals surface area contributed by atoms with Crippen LogP contribution in [0.4, 0.5) is 0 Å². The van der Waals surface area contributed by atoms with Crippen LogP contribution in [0.3, 0.4) is 0 Å². The standard InChI is InChI=1S/C13H16N2O3S/c1-10-8-11(19(15,16)17)2-3-12(10)18-9-13(4-5-13)6-7-14/h2-3,8H,4-6,9H2,1H3,(H2,15,16,17).